The fourth-order valence-corrected chi connectivity index (χ4v) is 2.52. The summed E-state index contributed by atoms with van der Waals surface area (Å²) in [6.07, 6.45) is 3.17. The molecule has 0 bridgehead atoms. The lowest BCUT2D eigenvalue weighted by Crippen LogP contribution is -2.48. The number of nitrogens with zero attached hydrogens (tertiary/aromatic N) is 1. The molecule has 0 spiro atoms. The van der Waals surface area contributed by atoms with E-state index in [0.29, 0.717) is 5.41 Å². The predicted octanol–water partition coefficient (Wildman–Crippen LogP) is 2.56. The van der Waals surface area contributed by atoms with Crippen LogP contribution in [0.15, 0.2) is 0 Å². The number of hydrogen-bond acceptors (Lipinski definition) is 2. The van der Waals surface area contributed by atoms with E-state index in [2.05, 4.69) is 19.2 Å². The van der Waals surface area contributed by atoms with Crippen LogP contribution >= 0.6 is 0 Å². The Labute approximate surface area is 121 Å². The lowest BCUT2D eigenvalue weighted by atomic mass is 9.78. The highest BCUT2D eigenvalue weighted by molar-refractivity contribution is 5.76. The first-order valence-electron chi connectivity index (χ1n) is 7.54. The van der Waals surface area contributed by atoms with Gasteiger partial charge in [0, 0.05) is 19.6 Å². The summed E-state index contributed by atoms with van der Waals surface area (Å²) in [4.78, 5) is 25.0. The van der Waals surface area contributed by atoms with Crippen LogP contribution in [0.4, 0.5) is 4.79 Å². The normalized spacial score (nSPS) is 19.8. The van der Waals surface area contributed by atoms with E-state index in [0.717, 1.165) is 32.4 Å². The smallest absolute Gasteiger partial charge is 0.317 e. The second kappa shape index (κ2) is 6.95. The standard InChI is InChI=1S/C15H28N2O3/c1-5-15(4)6-8-17(9-7-15)14(20)16-10-12(11(2)3)13(18)19/h11-12H,5-10H2,1-4H3,(H,16,20)(H,18,19). The van der Waals surface area contributed by atoms with Gasteiger partial charge in [-0.3, -0.25) is 4.79 Å². The van der Waals surface area contributed by atoms with E-state index in [4.69, 9.17) is 5.11 Å². The quantitative estimate of drug-likeness (QED) is 0.815. The Kier molecular flexibility index (Phi) is 5.84. The maximum absolute atomic E-state index is 12.1. The van der Waals surface area contributed by atoms with Crippen molar-refractivity contribution in [2.24, 2.45) is 17.3 Å². The molecule has 0 saturated carbocycles. The molecule has 1 aliphatic rings. The highest BCUT2D eigenvalue weighted by Gasteiger charge is 2.31. The summed E-state index contributed by atoms with van der Waals surface area (Å²) in [5.41, 5.74) is 0.346. The second-order valence-corrected chi connectivity index (χ2v) is 6.53. The van der Waals surface area contributed by atoms with Gasteiger partial charge in [-0.05, 0) is 24.2 Å². The number of likely N-dealkylation sites (tertiary alicyclic amines) is 1. The van der Waals surface area contributed by atoms with Crippen LogP contribution in [0.1, 0.15) is 47.0 Å². The molecule has 1 atom stereocenters. The van der Waals surface area contributed by atoms with Gasteiger partial charge in [0.15, 0.2) is 0 Å². The molecule has 1 aliphatic heterocycles. The van der Waals surface area contributed by atoms with Crippen molar-refractivity contribution >= 4 is 12.0 Å². The number of rotatable bonds is 5. The van der Waals surface area contributed by atoms with E-state index in [9.17, 15) is 9.59 Å². The van der Waals surface area contributed by atoms with Crippen molar-refractivity contribution in [2.75, 3.05) is 19.6 Å². The van der Waals surface area contributed by atoms with E-state index < -0.39 is 11.9 Å². The number of hydrogen-bond donors (Lipinski definition) is 2. The lowest BCUT2D eigenvalue weighted by Gasteiger charge is -2.39. The van der Waals surface area contributed by atoms with Crippen molar-refractivity contribution in [1.29, 1.82) is 0 Å². The monoisotopic (exact) mass is 284 g/mol. The van der Waals surface area contributed by atoms with E-state index in [1.807, 2.05) is 13.8 Å². The number of nitrogens with one attached hydrogen (secondary N) is 1. The van der Waals surface area contributed by atoms with Gasteiger partial charge in [0.25, 0.3) is 0 Å². The van der Waals surface area contributed by atoms with Gasteiger partial charge in [-0.2, -0.15) is 0 Å². The summed E-state index contributed by atoms with van der Waals surface area (Å²) >= 11 is 0. The van der Waals surface area contributed by atoms with Crippen molar-refractivity contribution < 1.29 is 14.7 Å². The Morgan fingerprint density at radius 3 is 2.25 bits per heavy atom. The molecule has 2 N–H and O–H groups in total. The summed E-state index contributed by atoms with van der Waals surface area (Å²) in [6, 6.07) is -0.130. The highest BCUT2D eigenvalue weighted by Crippen LogP contribution is 2.33. The first kappa shape index (κ1) is 16.8. The van der Waals surface area contributed by atoms with E-state index in [1.165, 1.54) is 0 Å². The number of amides is 2. The van der Waals surface area contributed by atoms with Gasteiger partial charge < -0.3 is 15.3 Å². The Hall–Kier alpha value is -1.26. The molecule has 0 aromatic heterocycles. The lowest BCUT2D eigenvalue weighted by molar-refractivity contribution is -0.142. The van der Waals surface area contributed by atoms with Gasteiger partial charge in [-0.1, -0.05) is 34.1 Å². The first-order chi connectivity index (χ1) is 9.29. The average Bonchev–Trinajstić information content (AvgIpc) is 2.38. The Balaban J connectivity index is 2.43. The third-order valence-corrected chi connectivity index (χ3v) is 4.71. The van der Waals surface area contributed by atoms with Crippen molar-refractivity contribution in [3.05, 3.63) is 0 Å². The van der Waals surface area contributed by atoms with Gasteiger partial charge in [0.2, 0.25) is 0 Å². The average molecular weight is 284 g/mol. The minimum Gasteiger partial charge on any atom is -0.481 e. The van der Waals surface area contributed by atoms with Gasteiger partial charge in [-0.15, -0.1) is 0 Å². The molecule has 1 unspecified atom stereocenters. The van der Waals surface area contributed by atoms with Crippen LogP contribution < -0.4 is 5.32 Å². The maximum atomic E-state index is 12.1. The van der Waals surface area contributed by atoms with Crippen LogP contribution in [0.3, 0.4) is 0 Å². The molecular formula is C15H28N2O3. The van der Waals surface area contributed by atoms with E-state index >= 15 is 0 Å². The van der Waals surface area contributed by atoms with Crippen molar-refractivity contribution in [2.45, 2.75) is 47.0 Å². The molecule has 1 heterocycles. The molecule has 1 saturated heterocycles. The van der Waals surface area contributed by atoms with Crippen molar-refractivity contribution in [3.8, 4) is 0 Å². The summed E-state index contributed by atoms with van der Waals surface area (Å²) in [7, 11) is 0. The van der Waals surface area contributed by atoms with Gasteiger partial charge in [-0.25, -0.2) is 4.79 Å². The second-order valence-electron chi connectivity index (χ2n) is 6.53. The van der Waals surface area contributed by atoms with Crippen LogP contribution in [-0.2, 0) is 4.79 Å². The molecule has 0 aromatic carbocycles. The molecule has 5 heteroatoms. The fourth-order valence-electron chi connectivity index (χ4n) is 2.52. The molecule has 2 amide bonds. The van der Waals surface area contributed by atoms with Crippen LogP contribution in [-0.4, -0.2) is 41.6 Å². The molecule has 20 heavy (non-hydrogen) atoms. The predicted molar refractivity (Wildman–Crippen MR) is 78.6 cm³/mol. The summed E-state index contributed by atoms with van der Waals surface area (Å²) in [5, 5.41) is 11.9. The van der Waals surface area contributed by atoms with Crippen LogP contribution in [0.5, 0.6) is 0 Å². The maximum Gasteiger partial charge on any atom is 0.317 e. The molecule has 1 fully saturated rings. The number of piperidine rings is 1. The molecular weight excluding hydrogens is 256 g/mol. The molecule has 116 valence electrons. The zero-order valence-electron chi connectivity index (χ0n) is 13.1. The van der Waals surface area contributed by atoms with Gasteiger partial charge in [0.05, 0.1) is 5.92 Å². The van der Waals surface area contributed by atoms with E-state index in [-0.39, 0.29) is 18.5 Å². The van der Waals surface area contributed by atoms with Crippen LogP contribution in [0.25, 0.3) is 0 Å². The number of carboxylic acid groups (broad SMARTS) is 1. The summed E-state index contributed by atoms with van der Waals surface area (Å²) in [6.45, 7) is 9.90. The zero-order chi connectivity index (χ0) is 15.3. The first-order valence-corrected chi connectivity index (χ1v) is 7.54. The molecule has 0 aliphatic carbocycles. The molecule has 0 aromatic rings. The zero-order valence-corrected chi connectivity index (χ0v) is 13.1. The van der Waals surface area contributed by atoms with E-state index in [1.54, 1.807) is 4.90 Å². The molecule has 1 rings (SSSR count). The fraction of sp³-hybridized carbons (Fsp3) is 0.867. The van der Waals surface area contributed by atoms with Crippen molar-refractivity contribution in [1.82, 2.24) is 10.2 Å². The number of aliphatic carboxylic acids is 1. The minimum absolute atomic E-state index is 0.0116. The summed E-state index contributed by atoms with van der Waals surface area (Å²) in [5.74, 6) is -1.36. The number of carbonyl (C=O) groups is 2. The number of carbonyl (C=O) groups excluding carboxylic acids is 1. The summed E-state index contributed by atoms with van der Waals surface area (Å²) < 4.78 is 0. The topological polar surface area (TPSA) is 69.6 Å². The third-order valence-electron chi connectivity index (χ3n) is 4.71. The molecule has 5 nitrogen and oxygen atoms in total. The number of carboxylic acids is 1. The Morgan fingerprint density at radius 2 is 1.85 bits per heavy atom. The Bertz CT molecular complexity index is 347. The van der Waals surface area contributed by atoms with Crippen LogP contribution in [0.2, 0.25) is 0 Å². The van der Waals surface area contributed by atoms with Gasteiger partial charge >= 0.3 is 12.0 Å². The van der Waals surface area contributed by atoms with Crippen molar-refractivity contribution in [3.63, 3.8) is 0 Å². The highest BCUT2D eigenvalue weighted by atomic mass is 16.4. The SMILES string of the molecule is CCC1(C)CCN(C(=O)NCC(C(=O)O)C(C)C)CC1. The number of urea groups is 1. The van der Waals surface area contributed by atoms with Gasteiger partial charge in [0.1, 0.15) is 0 Å². The largest absolute Gasteiger partial charge is 0.481 e. The van der Waals surface area contributed by atoms with Crippen LogP contribution in [0, 0.1) is 17.3 Å². The third kappa shape index (κ3) is 4.39. The molecule has 0 radical (unpaired) electrons. The minimum atomic E-state index is -0.850. The Morgan fingerprint density at radius 1 is 1.30 bits per heavy atom.